The van der Waals surface area contributed by atoms with Gasteiger partial charge in [-0.05, 0) is 129 Å². The molecule has 158 valence electrons. The van der Waals surface area contributed by atoms with E-state index in [0.29, 0.717) is 19.6 Å². The third-order valence-corrected chi connectivity index (χ3v) is 6.04. The first kappa shape index (κ1) is 25.4. The summed E-state index contributed by atoms with van der Waals surface area (Å²) in [5.41, 5.74) is 2.84. The lowest BCUT2D eigenvalue weighted by Crippen LogP contribution is -2.26. The van der Waals surface area contributed by atoms with Gasteiger partial charge in [0, 0.05) is 25.7 Å². The summed E-state index contributed by atoms with van der Waals surface area (Å²) >= 11 is 6.78. The lowest BCUT2D eigenvalue weighted by atomic mass is 10.1. The molecular formula is C23H21I3O4. The molecule has 2 aromatic carbocycles. The van der Waals surface area contributed by atoms with E-state index in [9.17, 15) is 9.90 Å². The zero-order valence-electron chi connectivity index (χ0n) is 16.5. The minimum absolute atomic E-state index is 0.325. The van der Waals surface area contributed by atoms with Crippen molar-refractivity contribution < 1.29 is 19.4 Å². The summed E-state index contributed by atoms with van der Waals surface area (Å²) in [5.74, 6) is 6.15. The Hall–Kier alpha value is -0.840. The molecule has 0 saturated carbocycles. The number of ether oxygens (including phenoxy) is 2. The van der Waals surface area contributed by atoms with E-state index in [2.05, 4.69) is 97.8 Å². The molecular weight excluding hydrogens is 721 g/mol. The van der Waals surface area contributed by atoms with Crippen molar-refractivity contribution in [3.8, 4) is 17.6 Å². The number of hydrogen-bond acceptors (Lipinski definition) is 3. The van der Waals surface area contributed by atoms with E-state index in [1.807, 2.05) is 31.2 Å². The second-order valence-corrected chi connectivity index (χ2v) is 10.0. The molecule has 0 saturated heterocycles. The second kappa shape index (κ2) is 12.9. The zero-order chi connectivity index (χ0) is 22.1. The van der Waals surface area contributed by atoms with Crippen molar-refractivity contribution >= 4 is 73.7 Å². The van der Waals surface area contributed by atoms with Crippen molar-refractivity contribution in [1.82, 2.24) is 0 Å². The third kappa shape index (κ3) is 8.72. The number of carboxylic acids is 1. The lowest BCUT2D eigenvalue weighted by Gasteiger charge is -2.13. The molecule has 0 amide bonds. The maximum Gasteiger partial charge on any atom is 0.333 e. The Kier molecular flexibility index (Phi) is 10.9. The summed E-state index contributed by atoms with van der Waals surface area (Å²) in [6.07, 6.45) is 1.44. The van der Waals surface area contributed by atoms with Crippen LogP contribution in [-0.2, 0) is 16.0 Å². The number of hydrogen-bond donors (Lipinski definition) is 1. The Morgan fingerprint density at radius 3 is 2.47 bits per heavy atom. The molecule has 0 radical (unpaired) electrons. The van der Waals surface area contributed by atoms with E-state index in [1.54, 1.807) is 6.92 Å². The van der Waals surface area contributed by atoms with Gasteiger partial charge in [-0.2, -0.15) is 0 Å². The van der Waals surface area contributed by atoms with Crippen LogP contribution in [0.1, 0.15) is 25.0 Å². The molecule has 1 N–H and O–H groups in total. The van der Waals surface area contributed by atoms with Crippen LogP contribution >= 0.6 is 67.8 Å². The molecule has 30 heavy (non-hydrogen) atoms. The average Bonchev–Trinajstić information content (AvgIpc) is 2.67. The molecule has 0 aromatic heterocycles. The molecule has 4 nitrogen and oxygen atoms in total. The van der Waals surface area contributed by atoms with Gasteiger partial charge in [0.05, 0.1) is 3.57 Å². The number of aliphatic carboxylic acids is 1. The topological polar surface area (TPSA) is 55.8 Å². The Morgan fingerprint density at radius 1 is 1.17 bits per heavy atom. The van der Waals surface area contributed by atoms with Gasteiger partial charge in [0.2, 0.25) is 0 Å². The quantitative estimate of drug-likeness (QED) is 0.270. The van der Waals surface area contributed by atoms with Crippen LogP contribution in [0, 0.1) is 22.6 Å². The zero-order valence-corrected chi connectivity index (χ0v) is 23.0. The predicted octanol–water partition coefficient (Wildman–Crippen LogP) is 5.91. The molecule has 1 atom stereocenters. The fourth-order valence-corrected chi connectivity index (χ4v) is 5.20. The highest BCUT2D eigenvalue weighted by atomic mass is 127. The first-order valence-corrected chi connectivity index (χ1v) is 12.4. The highest BCUT2D eigenvalue weighted by molar-refractivity contribution is 14.1. The van der Waals surface area contributed by atoms with Crippen LogP contribution in [0.4, 0.5) is 0 Å². The first-order valence-electron chi connectivity index (χ1n) is 9.19. The minimum Gasteiger partial charge on any atom is -0.488 e. The van der Waals surface area contributed by atoms with Crippen LogP contribution in [0.2, 0.25) is 0 Å². The van der Waals surface area contributed by atoms with Gasteiger partial charge in [0.1, 0.15) is 12.4 Å². The van der Waals surface area contributed by atoms with Gasteiger partial charge in [-0.25, -0.2) is 4.79 Å². The standard InChI is InChI=1S/C23H21I3O4/c1-3-29-22(23(27)28)13-17-6-7-21(20(26)12-17)30-9-8-15(2)4-5-16-10-18(24)14-19(25)11-16/h6-8,10-12,14,22H,3,9,13H2,1-2H3,(H,27,28)/b15-8-/t22-/m0/s1. The fourth-order valence-electron chi connectivity index (χ4n) is 2.53. The summed E-state index contributed by atoms with van der Waals surface area (Å²) in [6, 6.07) is 11.9. The minimum atomic E-state index is -0.950. The van der Waals surface area contributed by atoms with Crippen LogP contribution < -0.4 is 4.74 Å². The smallest absolute Gasteiger partial charge is 0.333 e. The largest absolute Gasteiger partial charge is 0.488 e. The van der Waals surface area contributed by atoms with Gasteiger partial charge in [0.25, 0.3) is 0 Å². The molecule has 0 heterocycles. The molecule has 0 aliphatic rings. The van der Waals surface area contributed by atoms with Crippen molar-refractivity contribution in [2.45, 2.75) is 26.4 Å². The van der Waals surface area contributed by atoms with Gasteiger partial charge >= 0.3 is 5.97 Å². The van der Waals surface area contributed by atoms with Crippen LogP contribution in [0.5, 0.6) is 5.75 Å². The molecule has 7 heteroatoms. The van der Waals surface area contributed by atoms with Gasteiger partial charge in [-0.15, -0.1) is 0 Å². The Bertz CT molecular complexity index is 969. The van der Waals surface area contributed by atoms with E-state index in [4.69, 9.17) is 9.47 Å². The lowest BCUT2D eigenvalue weighted by molar-refractivity contribution is -0.149. The number of carbonyl (C=O) groups is 1. The summed E-state index contributed by atoms with van der Waals surface area (Å²) in [6.45, 7) is 4.53. The van der Waals surface area contributed by atoms with Crippen molar-refractivity contribution in [2.75, 3.05) is 13.2 Å². The molecule has 0 aliphatic heterocycles. The van der Waals surface area contributed by atoms with E-state index in [1.165, 1.54) is 7.14 Å². The molecule has 0 fully saturated rings. The Labute approximate surface area is 218 Å². The normalized spacial score (nSPS) is 12.1. The Morgan fingerprint density at radius 2 is 1.87 bits per heavy atom. The van der Waals surface area contributed by atoms with Crippen molar-refractivity contribution in [2.24, 2.45) is 0 Å². The number of allylic oxidation sites excluding steroid dienone is 1. The van der Waals surface area contributed by atoms with Crippen LogP contribution in [0.15, 0.2) is 48.0 Å². The van der Waals surface area contributed by atoms with Gasteiger partial charge in [-0.3, -0.25) is 0 Å². The predicted molar refractivity (Wildman–Crippen MR) is 144 cm³/mol. The van der Waals surface area contributed by atoms with Crippen LogP contribution in [0.3, 0.4) is 0 Å². The molecule has 2 aromatic rings. The highest BCUT2D eigenvalue weighted by Crippen LogP contribution is 2.23. The molecule has 0 aliphatic carbocycles. The molecule has 0 unspecified atom stereocenters. The number of halogens is 3. The number of rotatable bonds is 8. The van der Waals surface area contributed by atoms with Gasteiger partial charge in [0.15, 0.2) is 6.10 Å². The molecule has 0 spiro atoms. The molecule has 0 bridgehead atoms. The highest BCUT2D eigenvalue weighted by Gasteiger charge is 2.18. The van der Waals surface area contributed by atoms with Crippen molar-refractivity contribution in [3.63, 3.8) is 0 Å². The number of carboxylic acid groups (broad SMARTS) is 1. The van der Waals surface area contributed by atoms with Gasteiger partial charge in [-0.1, -0.05) is 17.9 Å². The van der Waals surface area contributed by atoms with Crippen LogP contribution in [-0.4, -0.2) is 30.4 Å². The van der Waals surface area contributed by atoms with E-state index >= 15 is 0 Å². The first-order chi connectivity index (χ1) is 14.3. The second-order valence-electron chi connectivity index (χ2n) is 6.36. The van der Waals surface area contributed by atoms with Crippen LogP contribution in [0.25, 0.3) is 0 Å². The monoisotopic (exact) mass is 742 g/mol. The van der Waals surface area contributed by atoms with Crippen molar-refractivity contribution in [1.29, 1.82) is 0 Å². The third-order valence-electron chi connectivity index (χ3n) is 3.96. The maximum absolute atomic E-state index is 11.3. The Balaban J connectivity index is 1.97. The molecule has 2 rings (SSSR count). The summed E-state index contributed by atoms with van der Waals surface area (Å²) in [7, 11) is 0. The van der Waals surface area contributed by atoms with E-state index in [0.717, 1.165) is 26.0 Å². The SMILES string of the molecule is CCO[C@@H](Cc1ccc(OC/C=C(/C)C#Cc2cc(I)cc(I)c2)c(I)c1)C(=O)O. The van der Waals surface area contributed by atoms with Gasteiger partial charge < -0.3 is 14.6 Å². The summed E-state index contributed by atoms with van der Waals surface area (Å²) in [4.78, 5) is 11.3. The summed E-state index contributed by atoms with van der Waals surface area (Å²) < 4.78 is 14.4. The maximum atomic E-state index is 11.3. The summed E-state index contributed by atoms with van der Waals surface area (Å²) in [5, 5.41) is 9.23. The average molecular weight is 742 g/mol. The number of benzene rings is 2. The van der Waals surface area contributed by atoms with Crippen molar-refractivity contribution in [3.05, 3.63) is 69.9 Å². The van der Waals surface area contributed by atoms with E-state index in [-0.39, 0.29) is 0 Å². The van der Waals surface area contributed by atoms with E-state index < -0.39 is 12.1 Å². The fraction of sp³-hybridized carbons (Fsp3) is 0.261.